The third-order valence-electron chi connectivity index (χ3n) is 5.13. The van der Waals surface area contributed by atoms with E-state index in [1.54, 1.807) is 48.5 Å². The van der Waals surface area contributed by atoms with E-state index in [4.69, 9.17) is 16.3 Å². The van der Waals surface area contributed by atoms with E-state index >= 15 is 0 Å². The highest BCUT2D eigenvalue weighted by atomic mass is 35.5. The Kier molecular flexibility index (Phi) is 6.81. The fourth-order valence-electron chi connectivity index (χ4n) is 3.38. The minimum atomic E-state index is -1.78. The molecule has 1 saturated heterocycles. The number of para-hydroxylation sites is 1. The second-order valence-corrected chi connectivity index (χ2v) is 7.70. The van der Waals surface area contributed by atoms with E-state index in [2.05, 4.69) is 5.32 Å². The van der Waals surface area contributed by atoms with Crippen LogP contribution < -0.4 is 10.2 Å². The first kappa shape index (κ1) is 23.2. The molecule has 0 saturated carbocycles. The lowest BCUT2D eigenvalue weighted by molar-refractivity contribution is -0.146. The molecule has 1 N–H and O–H groups in total. The van der Waals surface area contributed by atoms with Crippen molar-refractivity contribution in [3.05, 3.63) is 59.1 Å². The number of nitrogens with zero attached hydrogens (tertiary/aromatic N) is 3. The van der Waals surface area contributed by atoms with Crippen molar-refractivity contribution in [2.24, 2.45) is 0 Å². The van der Waals surface area contributed by atoms with Gasteiger partial charge >= 0.3 is 6.03 Å². The molecule has 10 heteroatoms. The third kappa shape index (κ3) is 4.30. The second-order valence-electron chi connectivity index (χ2n) is 7.30. The third-order valence-corrected chi connectivity index (χ3v) is 5.46. The maximum atomic E-state index is 13.4. The van der Waals surface area contributed by atoms with E-state index < -0.39 is 36.0 Å². The van der Waals surface area contributed by atoms with Crippen LogP contribution in [0.3, 0.4) is 0 Å². The van der Waals surface area contributed by atoms with E-state index in [1.165, 1.54) is 26.1 Å². The van der Waals surface area contributed by atoms with Gasteiger partial charge in [-0.25, -0.2) is 9.69 Å². The largest absolute Gasteiger partial charge is 0.353 e. The van der Waals surface area contributed by atoms with Crippen LogP contribution in [0.15, 0.2) is 48.5 Å². The molecule has 5 amide bonds. The topological polar surface area (TPSA) is 99.3 Å². The summed E-state index contributed by atoms with van der Waals surface area (Å²) in [4.78, 5) is 55.3. The Morgan fingerprint density at radius 1 is 1.16 bits per heavy atom. The molecule has 3 rings (SSSR count). The highest BCUT2D eigenvalue weighted by Crippen LogP contribution is 2.26. The van der Waals surface area contributed by atoms with Crippen LogP contribution >= 0.6 is 11.6 Å². The molecule has 1 aliphatic heterocycles. The number of ether oxygens (including phenoxy) is 1. The van der Waals surface area contributed by atoms with Crippen molar-refractivity contribution in [2.45, 2.75) is 19.2 Å². The monoisotopic (exact) mass is 458 g/mol. The maximum Gasteiger partial charge on any atom is 0.330 e. The predicted octanol–water partition coefficient (Wildman–Crippen LogP) is 2.49. The van der Waals surface area contributed by atoms with E-state index in [-0.39, 0.29) is 10.7 Å². The molecule has 32 heavy (non-hydrogen) atoms. The van der Waals surface area contributed by atoms with Crippen LogP contribution in [0.25, 0.3) is 0 Å². The van der Waals surface area contributed by atoms with Crippen molar-refractivity contribution in [1.29, 1.82) is 0 Å². The first-order valence-electron chi connectivity index (χ1n) is 9.69. The van der Waals surface area contributed by atoms with Gasteiger partial charge in [0.15, 0.2) is 6.04 Å². The van der Waals surface area contributed by atoms with Gasteiger partial charge in [-0.15, -0.1) is 0 Å². The number of likely N-dealkylation sites (N-methyl/N-ethyl adjacent to an activating group) is 2. The van der Waals surface area contributed by atoms with Crippen molar-refractivity contribution < 1.29 is 23.9 Å². The summed E-state index contributed by atoms with van der Waals surface area (Å²) in [6.07, 6.45) is -1.24. The standard InChI is InChI=1S/C22H23ClN4O5/c1-13-10-11-15(23)16(12-13)24-18(28)17(19(29)25(2)14-8-6-5-7-9-14)27-20(30)21(32-4)26(3)22(27)31/h5-12,17,21H,1-4H3,(H,24,28). The molecule has 9 nitrogen and oxygen atoms in total. The Hall–Kier alpha value is -3.43. The van der Waals surface area contributed by atoms with E-state index in [0.29, 0.717) is 10.6 Å². The molecule has 0 aromatic heterocycles. The van der Waals surface area contributed by atoms with E-state index in [1.807, 2.05) is 6.92 Å². The molecule has 2 atom stereocenters. The number of rotatable bonds is 6. The number of benzene rings is 2. The summed E-state index contributed by atoms with van der Waals surface area (Å²) in [5.74, 6) is -2.47. The lowest BCUT2D eigenvalue weighted by Gasteiger charge is -2.28. The quantitative estimate of drug-likeness (QED) is 0.529. The molecule has 1 fully saturated rings. The average Bonchev–Trinajstić information content (AvgIpc) is 2.99. The van der Waals surface area contributed by atoms with Crippen molar-refractivity contribution in [3.8, 4) is 0 Å². The van der Waals surface area contributed by atoms with Crippen LogP contribution in [0.2, 0.25) is 5.02 Å². The lowest BCUT2D eigenvalue weighted by atomic mass is 10.1. The number of hydrogen-bond donors (Lipinski definition) is 1. The van der Waals surface area contributed by atoms with Crippen LogP contribution in [-0.2, 0) is 19.1 Å². The van der Waals surface area contributed by atoms with Gasteiger partial charge in [0, 0.05) is 26.9 Å². The van der Waals surface area contributed by atoms with Gasteiger partial charge < -0.3 is 15.0 Å². The smallest absolute Gasteiger partial charge is 0.330 e. The van der Waals surface area contributed by atoms with Crippen molar-refractivity contribution in [2.75, 3.05) is 31.4 Å². The Morgan fingerprint density at radius 2 is 1.81 bits per heavy atom. The van der Waals surface area contributed by atoms with Gasteiger partial charge in [-0.3, -0.25) is 19.3 Å². The summed E-state index contributed by atoms with van der Waals surface area (Å²) in [6.45, 7) is 1.81. The second kappa shape index (κ2) is 9.37. The fraction of sp³-hybridized carbons (Fsp3) is 0.273. The number of imide groups is 1. The highest BCUT2D eigenvalue weighted by molar-refractivity contribution is 6.34. The molecule has 168 valence electrons. The molecule has 0 spiro atoms. The highest BCUT2D eigenvalue weighted by Gasteiger charge is 2.52. The first-order valence-corrected chi connectivity index (χ1v) is 10.1. The normalized spacial score (nSPS) is 16.8. The van der Waals surface area contributed by atoms with Gasteiger partial charge in [-0.2, -0.15) is 0 Å². The van der Waals surface area contributed by atoms with Crippen LogP contribution in [0.5, 0.6) is 0 Å². The predicted molar refractivity (Wildman–Crippen MR) is 119 cm³/mol. The van der Waals surface area contributed by atoms with Crippen LogP contribution in [0.1, 0.15) is 5.56 Å². The molecule has 0 aliphatic carbocycles. The molecule has 0 bridgehead atoms. The van der Waals surface area contributed by atoms with Crippen molar-refractivity contribution in [3.63, 3.8) is 0 Å². The van der Waals surface area contributed by atoms with E-state index in [9.17, 15) is 19.2 Å². The minimum absolute atomic E-state index is 0.248. The van der Waals surface area contributed by atoms with Gasteiger partial charge in [0.1, 0.15) is 0 Å². The summed E-state index contributed by atoms with van der Waals surface area (Å²) in [6, 6.07) is 10.9. The number of anilines is 2. The zero-order chi connectivity index (χ0) is 23.6. The number of aryl methyl sites for hydroxylation is 1. The SMILES string of the molecule is COC1C(=O)N(C(C(=O)Nc2cc(C)ccc2Cl)C(=O)N(C)c2ccccc2)C(=O)N1C. The molecule has 0 radical (unpaired) electrons. The van der Waals surface area contributed by atoms with Crippen LogP contribution in [-0.4, -0.2) is 67.0 Å². The fourth-order valence-corrected chi connectivity index (χ4v) is 3.55. The number of nitrogens with one attached hydrogen (secondary N) is 1. The summed E-state index contributed by atoms with van der Waals surface area (Å²) in [5.41, 5.74) is 1.56. The van der Waals surface area contributed by atoms with Crippen molar-refractivity contribution in [1.82, 2.24) is 9.80 Å². The zero-order valence-corrected chi connectivity index (χ0v) is 18.8. The van der Waals surface area contributed by atoms with E-state index in [0.717, 1.165) is 10.5 Å². The Balaban J connectivity index is 2.02. The molecular weight excluding hydrogens is 436 g/mol. The Bertz CT molecular complexity index is 1060. The van der Waals surface area contributed by atoms with Crippen molar-refractivity contribution >= 4 is 46.7 Å². The number of carbonyl (C=O) groups excluding carboxylic acids is 4. The summed E-state index contributed by atoms with van der Waals surface area (Å²) < 4.78 is 5.08. The van der Waals surface area contributed by atoms with Gasteiger partial charge in [0.05, 0.1) is 10.7 Å². The lowest BCUT2D eigenvalue weighted by Crippen LogP contribution is -2.56. The molecular formula is C22H23ClN4O5. The van der Waals surface area contributed by atoms with Gasteiger partial charge in [0.2, 0.25) is 6.23 Å². The zero-order valence-electron chi connectivity index (χ0n) is 18.0. The first-order chi connectivity index (χ1) is 15.2. The van der Waals surface area contributed by atoms with Gasteiger partial charge in [0.25, 0.3) is 17.7 Å². The number of amides is 5. The molecule has 1 aliphatic rings. The molecule has 2 aromatic rings. The molecule has 2 aromatic carbocycles. The van der Waals surface area contributed by atoms with Gasteiger partial charge in [-0.1, -0.05) is 35.9 Å². The van der Waals surface area contributed by atoms with Crippen LogP contribution in [0, 0.1) is 6.92 Å². The summed E-state index contributed by atoms with van der Waals surface area (Å²) in [5, 5.41) is 2.83. The average molecular weight is 459 g/mol. The molecule has 1 heterocycles. The number of hydrogen-bond acceptors (Lipinski definition) is 5. The number of carbonyl (C=O) groups is 4. The summed E-state index contributed by atoms with van der Waals surface area (Å²) >= 11 is 6.18. The Morgan fingerprint density at radius 3 is 2.41 bits per heavy atom. The Labute approximate surface area is 190 Å². The maximum absolute atomic E-state index is 13.4. The summed E-state index contributed by atoms with van der Waals surface area (Å²) in [7, 11) is 4.07. The minimum Gasteiger partial charge on any atom is -0.353 e. The van der Waals surface area contributed by atoms with Gasteiger partial charge in [-0.05, 0) is 36.8 Å². The van der Waals surface area contributed by atoms with Crippen LogP contribution in [0.4, 0.5) is 16.2 Å². The molecule has 2 unspecified atom stereocenters. The number of urea groups is 1. The number of methoxy groups -OCH3 is 1. The number of halogens is 1.